The molecule has 1 unspecified atom stereocenters. The first-order chi connectivity index (χ1) is 13.6. The van der Waals surface area contributed by atoms with E-state index in [1.54, 1.807) is 10.6 Å². The number of hydrogen-bond acceptors (Lipinski definition) is 6. The molecule has 0 bridgehead atoms. The molecule has 0 N–H and O–H groups in total. The number of nitrogens with zero attached hydrogens (tertiary/aromatic N) is 5. The van der Waals surface area contributed by atoms with Crippen molar-refractivity contribution in [1.29, 1.82) is 0 Å². The molecule has 1 fully saturated rings. The van der Waals surface area contributed by atoms with Crippen LogP contribution in [0.25, 0.3) is 4.96 Å². The minimum atomic E-state index is -4.39. The van der Waals surface area contributed by atoms with Gasteiger partial charge in [-0.2, -0.15) is 22.8 Å². The van der Waals surface area contributed by atoms with Crippen molar-refractivity contribution in [2.75, 3.05) is 19.3 Å². The largest absolute Gasteiger partial charge is 0.416 e. The molecule has 0 aliphatic carbocycles. The minimum Gasteiger partial charge on any atom is -0.213 e. The molecule has 156 valence electrons. The fourth-order valence-corrected chi connectivity index (χ4v) is 5.27. The number of benzene rings is 1. The number of rotatable bonds is 4. The van der Waals surface area contributed by atoms with Crippen molar-refractivity contribution in [3.05, 3.63) is 46.2 Å². The lowest BCUT2D eigenvalue weighted by Crippen LogP contribution is -2.38. The third-order valence-corrected chi connectivity index (χ3v) is 7.05. The third-order valence-electron chi connectivity index (χ3n) is 4.88. The molecule has 29 heavy (non-hydrogen) atoms. The Hall–Kier alpha value is -2.05. The maximum Gasteiger partial charge on any atom is 0.416 e. The summed E-state index contributed by atoms with van der Waals surface area (Å²) in [5.41, 5.74) is -0.186. The van der Waals surface area contributed by atoms with Crippen LogP contribution in [0.2, 0.25) is 0 Å². The van der Waals surface area contributed by atoms with Crippen molar-refractivity contribution in [2.45, 2.75) is 31.4 Å². The second-order valence-electron chi connectivity index (χ2n) is 7.08. The molecule has 0 saturated carbocycles. The van der Waals surface area contributed by atoms with Crippen LogP contribution >= 0.6 is 11.3 Å². The lowest BCUT2D eigenvalue weighted by Gasteiger charge is -2.29. The van der Waals surface area contributed by atoms with E-state index < -0.39 is 21.8 Å². The summed E-state index contributed by atoms with van der Waals surface area (Å²) in [5, 5.41) is 13.4. The number of sulfonamides is 1. The molecule has 12 heteroatoms. The Bertz CT molecular complexity index is 1140. The number of hydrogen-bond donors (Lipinski definition) is 0. The van der Waals surface area contributed by atoms with Gasteiger partial charge in [-0.15, -0.1) is 10.2 Å². The van der Waals surface area contributed by atoms with Crippen LogP contribution in [-0.4, -0.2) is 51.9 Å². The molecule has 3 heterocycles. The summed E-state index contributed by atoms with van der Waals surface area (Å²) >= 11 is 1.26. The van der Waals surface area contributed by atoms with Gasteiger partial charge >= 0.3 is 6.18 Å². The monoisotopic (exact) mass is 445 g/mol. The topological polar surface area (TPSA) is 80.5 Å². The van der Waals surface area contributed by atoms with Crippen LogP contribution in [0.15, 0.2) is 24.3 Å². The van der Waals surface area contributed by atoms with E-state index in [1.807, 2.05) is 0 Å². The smallest absolute Gasteiger partial charge is 0.213 e. The van der Waals surface area contributed by atoms with Gasteiger partial charge in [-0.3, -0.25) is 0 Å². The second kappa shape index (κ2) is 7.33. The van der Waals surface area contributed by atoms with E-state index in [-0.39, 0.29) is 12.3 Å². The molecule has 1 atom stereocenters. The van der Waals surface area contributed by atoms with Crippen LogP contribution < -0.4 is 0 Å². The maximum atomic E-state index is 12.9. The molecule has 7 nitrogen and oxygen atoms in total. The zero-order valence-electron chi connectivity index (χ0n) is 15.4. The van der Waals surface area contributed by atoms with Gasteiger partial charge in [-0.1, -0.05) is 29.5 Å². The minimum absolute atomic E-state index is 0.128. The van der Waals surface area contributed by atoms with Gasteiger partial charge < -0.3 is 0 Å². The molecule has 1 aliphatic heterocycles. The van der Waals surface area contributed by atoms with E-state index >= 15 is 0 Å². The van der Waals surface area contributed by atoms with Gasteiger partial charge in [0.2, 0.25) is 15.0 Å². The Labute approximate surface area is 169 Å². The summed E-state index contributed by atoms with van der Waals surface area (Å²) in [5.74, 6) is 0.455. The molecule has 0 radical (unpaired) electrons. The zero-order chi connectivity index (χ0) is 20.8. The van der Waals surface area contributed by atoms with Crippen molar-refractivity contribution >= 4 is 26.3 Å². The summed E-state index contributed by atoms with van der Waals surface area (Å²) in [6.45, 7) is 0.801. The third kappa shape index (κ3) is 4.28. The first-order valence-electron chi connectivity index (χ1n) is 8.93. The standard InChI is InChI=1S/C17H18F3N5O2S2/c1-29(26,27)24-7-3-5-12(10-24)15-21-22-16-25(15)23-14(28-16)9-11-4-2-6-13(8-11)17(18,19)20/h2,4,6,8,12H,3,5,7,9-10H2,1H3. The Morgan fingerprint density at radius 2 is 2.07 bits per heavy atom. The molecule has 0 spiro atoms. The van der Waals surface area contributed by atoms with Crippen molar-refractivity contribution in [2.24, 2.45) is 0 Å². The fraction of sp³-hybridized carbons (Fsp3) is 0.471. The van der Waals surface area contributed by atoms with Gasteiger partial charge in [0.1, 0.15) is 5.01 Å². The first kappa shape index (κ1) is 20.2. The van der Waals surface area contributed by atoms with Crippen molar-refractivity contribution in [3.63, 3.8) is 0 Å². The SMILES string of the molecule is CS(=O)(=O)N1CCCC(c2nnc3sc(Cc4cccc(C(F)(F)F)c4)nn23)C1. The van der Waals surface area contributed by atoms with Crippen LogP contribution in [0.3, 0.4) is 0 Å². The molecule has 0 amide bonds. The summed E-state index contributed by atoms with van der Waals surface area (Å²) in [6, 6.07) is 5.17. The van der Waals surface area contributed by atoms with E-state index in [1.165, 1.54) is 28.0 Å². The average molecular weight is 445 g/mol. The average Bonchev–Trinajstić information content (AvgIpc) is 3.20. The normalized spacial score (nSPS) is 19.1. The van der Waals surface area contributed by atoms with Crippen LogP contribution in [0, 0.1) is 0 Å². The van der Waals surface area contributed by atoms with Gasteiger partial charge in [-0.25, -0.2) is 12.7 Å². The first-order valence-corrected chi connectivity index (χ1v) is 11.6. The molecule has 3 aromatic rings. The summed E-state index contributed by atoms with van der Waals surface area (Å²) < 4.78 is 65.5. The molecule has 1 aromatic carbocycles. The van der Waals surface area contributed by atoms with Gasteiger partial charge in [0, 0.05) is 25.4 Å². The predicted octanol–water partition coefficient (Wildman–Crippen LogP) is 2.93. The molecule has 4 rings (SSSR count). The molecular weight excluding hydrogens is 427 g/mol. The lowest BCUT2D eigenvalue weighted by atomic mass is 9.99. The number of fused-ring (bicyclic) bond motifs is 1. The highest BCUT2D eigenvalue weighted by Gasteiger charge is 2.31. The van der Waals surface area contributed by atoms with Gasteiger partial charge in [0.15, 0.2) is 5.82 Å². The van der Waals surface area contributed by atoms with E-state index in [9.17, 15) is 21.6 Å². The van der Waals surface area contributed by atoms with Crippen LogP contribution in [0.4, 0.5) is 13.2 Å². The summed E-state index contributed by atoms with van der Waals surface area (Å²) in [7, 11) is -3.29. The quantitative estimate of drug-likeness (QED) is 0.617. The molecule has 2 aromatic heterocycles. The summed E-state index contributed by atoms with van der Waals surface area (Å²) in [4.78, 5) is 0.540. The number of alkyl halides is 3. The van der Waals surface area contributed by atoms with E-state index in [0.29, 0.717) is 40.9 Å². The highest BCUT2D eigenvalue weighted by Crippen LogP contribution is 2.31. The van der Waals surface area contributed by atoms with Crippen LogP contribution in [0.1, 0.15) is 40.7 Å². The van der Waals surface area contributed by atoms with Crippen molar-refractivity contribution in [1.82, 2.24) is 24.1 Å². The summed E-state index contributed by atoms with van der Waals surface area (Å²) in [6.07, 6.45) is -1.47. The van der Waals surface area contributed by atoms with E-state index in [0.717, 1.165) is 18.6 Å². The molecule has 1 saturated heterocycles. The Balaban J connectivity index is 1.58. The highest BCUT2D eigenvalue weighted by atomic mass is 32.2. The number of halogens is 3. The highest BCUT2D eigenvalue weighted by molar-refractivity contribution is 7.88. The van der Waals surface area contributed by atoms with Gasteiger partial charge in [0.05, 0.1) is 11.8 Å². The van der Waals surface area contributed by atoms with Crippen molar-refractivity contribution < 1.29 is 21.6 Å². The van der Waals surface area contributed by atoms with Crippen LogP contribution in [-0.2, 0) is 22.6 Å². The van der Waals surface area contributed by atoms with Gasteiger partial charge in [-0.05, 0) is 24.5 Å². The van der Waals surface area contributed by atoms with Crippen LogP contribution in [0.5, 0.6) is 0 Å². The fourth-order valence-electron chi connectivity index (χ4n) is 3.48. The Morgan fingerprint density at radius 1 is 1.28 bits per heavy atom. The Kier molecular flexibility index (Phi) is 5.11. The maximum absolute atomic E-state index is 12.9. The van der Waals surface area contributed by atoms with Gasteiger partial charge in [0.25, 0.3) is 0 Å². The Morgan fingerprint density at radius 3 is 2.79 bits per heavy atom. The predicted molar refractivity (Wildman–Crippen MR) is 101 cm³/mol. The second-order valence-corrected chi connectivity index (χ2v) is 10.1. The van der Waals surface area contributed by atoms with Crippen molar-refractivity contribution in [3.8, 4) is 0 Å². The van der Waals surface area contributed by atoms with E-state index in [2.05, 4.69) is 15.3 Å². The lowest BCUT2D eigenvalue weighted by molar-refractivity contribution is -0.137. The molecular formula is C17H18F3N5O2S2. The molecule has 1 aliphatic rings. The van der Waals surface area contributed by atoms with E-state index in [4.69, 9.17) is 0 Å². The number of aromatic nitrogens is 4. The number of piperidine rings is 1. The zero-order valence-corrected chi connectivity index (χ0v) is 17.1.